The van der Waals surface area contributed by atoms with Gasteiger partial charge in [-0.25, -0.2) is 0 Å². The molecular formula is C18H36O4Zn2+4. The first kappa shape index (κ1) is 31.9. The van der Waals surface area contributed by atoms with E-state index < -0.39 is 11.9 Å². The SMILES string of the molecule is CC(C)CCCCCC(=O)O.CC(CC(=O)O)CC(C)(C)C.[Zn+2].[Zn+2]. The third-order valence-electron chi connectivity index (χ3n) is 3.16. The van der Waals surface area contributed by atoms with E-state index in [0.29, 0.717) is 6.42 Å². The monoisotopic (exact) mass is 444 g/mol. The molecule has 1 unspecified atom stereocenters. The van der Waals surface area contributed by atoms with Crippen LogP contribution in [0.3, 0.4) is 0 Å². The summed E-state index contributed by atoms with van der Waals surface area (Å²) < 4.78 is 0. The number of carboxylic acid groups (broad SMARTS) is 2. The first-order chi connectivity index (χ1) is 9.94. The molecule has 0 fully saturated rings. The number of rotatable bonds is 9. The van der Waals surface area contributed by atoms with Gasteiger partial charge in [-0.15, -0.1) is 0 Å². The van der Waals surface area contributed by atoms with Crippen molar-refractivity contribution in [1.82, 2.24) is 0 Å². The van der Waals surface area contributed by atoms with Gasteiger partial charge in [0.2, 0.25) is 0 Å². The van der Waals surface area contributed by atoms with Crippen molar-refractivity contribution >= 4 is 11.9 Å². The summed E-state index contributed by atoms with van der Waals surface area (Å²) in [7, 11) is 0. The molecule has 0 spiro atoms. The summed E-state index contributed by atoms with van der Waals surface area (Å²) in [6, 6.07) is 0. The van der Waals surface area contributed by atoms with Gasteiger partial charge in [0.15, 0.2) is 0 Å². The van der Waals surface area contributed by atoms with E-state index in [2.05, 4.69) is 34.6 Å². The summed E-state index contributed by atoms with van der Waals surface area (Å²) in [6.07, 6.45) is 5.88. The molecule has 0 saturated carbocycles. The van der Waals surface area contributed by atoms with E-state index >= 15 is 0 Å². The van der Waals surface area contributed by atoms with Gasteiger partial charge in [0.05, 0.1) is 0 Å². The van der Waals surface area contributed by atoms with Gasteiger partial charge in [0.1, 0.15) is 0 Å². The minimum Gasteiger partial charge on any atom is -0.481 e. The van der Waals surface area contributed by atoms with Crippen molar-refractivity contribution < 1.29 is 58.8 Å². The van der Waals surface area contributed by atoms with Crippen LogP contribution in [0.2, 0.25) is 0 Å². The van der Waals surface area contributed by atoms with E-state index in [4.69, 9.17) is 10.2 Å². The van der Waals surface area contributed by atoms with E-state index in [1.165, 1.54) is 12.8 Å². The zero-order valence-electron chi connectivity index (χ0n) is 16.7. The molecule has 0 radical (unpaired) electrons. The molecular weight excluding hydrogens is 411 g/mol. The quantitative estimate of drug-likeness (QED) is 0.376. The maximum Gasteiger partial charge on any atom is 2.00 e. The van der Waals surface area contributed by atoms with Crippen molar-refractivity contribution in [2.75, 3.05) is 0 Å². The molecule has 0 aliphatic carbocycles. The van der Waals surface area contributed by atoms with Crippen molar-refractivity contribution in [1.29, 1.82) is 0 Å². The van der Waals surface area contributed by atoms with Crippen molar-refractivity contribution in [3.63, 3.8) is 0 Å². The van der Waals surface area contributed by atoms with Crippen LogP contribution in [0.15, 0.2) is 0 Å². The second-order valence-corrected chi connectivity index (χ2v) is 7.85. The molecule has 0 aromatic carbocycles. The summed E-state index contributed by atoms with van der Waals surface area (Å²) in [5, 5.41) is 16.8. The van der Waals surface area contributed by atoms with Crippen LogP contribution in [0.25, 0.3) is 0 Å². The molecule has 0 aliphatic rings. The predicted octanol–water partition coefficient (Wildman–Crippen LogP) is 5.21. The second-order valence-electron chi connectivity index (χ2n) is 7.85. The van der Waals surface area contributed by atoms with Gasteiger partial charge in [0.25, 0.3) is 0 Å². The number of hydrogen-bond acceptors (Lipinski definition) is 2. The molecule has 0 amide bonds. The minimum atomic E-state index is -0.693. The fourth-order valence-electron chi connectivity index (χ4n) is 2.42. The molecule has 6 heteroatoms. The largest absolute Gasteiger partial charge is 2.00 e. The maximum atomic E-state index is 10.3. The van der Waals surface area contributed by atoms with E-state index in [1.54, 1.807) is 0 Å². The Balaban J connectivity index is -0.000000154. The first-order valence-electron chi connectivity index (χ1n) is 8.37. The molecule has 2 N–H and O–H groups in total. The molecule has 0 saturated heterocycles. The zero-order valence-corrected chi connectivity index (χ0v) is 22.7. The first-order valence-corrected chi connectivity index (χ1v) is 8.37. The molecule has 0 heterocycles. The van der Waals surface area contributed by atoms with Crippen LogP contribution in [0.1, 0.15) is 86.5 Å². The van der Waals surface area contributed by atoms with E-state index in [-0.39, 0.29) is 56.7 Å². The zero-order chi connectivity index (χ0) is 17.8. The van der Waals surface area contributed by atoms with E-state index in [0.717, 1.165) is 25.2 Å². The maximum absolute atomic E-state index is 10.3. The Morgan fingerprint density at radius 1 is 0.875 bits per heavy atom. The Labute approximate surface area is 174 Å². The van der Waals surface area contributed by atoms with Crippen molar-refractivity contribution in [2.45, 2.75) is 86.5 Å². The molecule has 24 heavy (non-hydrogen) atoms. The number of hydrogen-bond donors (Lipinski definition) is 2. The van der Waals surface area contributed by atoms with Gasteiger partial charge >= 0.3 is 50.9 Å². The van der Waals surface area contributed by atoms with Gasteiger partial charge in [0, 0.05) is 12.8 Å². The van der Waals surface area contributed by atoms with Gasteiger partial charge in [-0.05, 0) is 30.1 Å². The molecule has 0 aliphatic heterocycles. The van der Waals surface area contributed by atoms with Gasteiger partial charge < -0.3 is 10.2 Å². The van der Waals surface area contributed by atoms with Gasteiger partial charge in [-0.3, -0.25) is 9.59 Å². The van der Waals surface area contributed by atoms with Crippen LogP contribution in [-0.2, 0) is 48.5 Å². The summed E-state index contributed by atoms with van der Waals surface area (Å²) >= 11 is 0. The topological polar surface area (TPSA) is 74.6 Å². The van der Waals surface area contributed by atoms with Crippen LogP contribution >= 0.6 is 0 Å². The Bertz CT molecular complexity index is 313. The third-order valence-corrected chi connectivity index (χ3v) is 3.16. The Morgan fingerprint density at radius 3 is 1.71 bits per heavy atom. The average Bonchev–Trinajstić information content (AvgIpc) is 2.24. The predicted molar refractivity (Wildman–Crippen MR) is 91.0 cm³/mol. The number of unbranched alkanes of at least 4 members (excludes halogenated alkanes) is 2. The Kier molecular flexibility index (Phi) is 23.9. The summed E-state index contributed by atoms with van der Waals surface area (Å²) in [5.41, 5.74) is 0.245. The molecule has 0 rings (SSSR count). The summed E-state index contributed by atoms with van der Waals surface area (Å²) in [5.74, 6) is -0.330. The number of carbonyl (C=O) groups is 2. The van der Waals surface area contributed by atoms with Crippen LogP contribution in [-0.4, -0.2) is 22.2 Å². The number of aliphatic carboxylic acids is 2. The third kappa shape index (κ3) is 33.7. The molecule has 132 valence electrons. The van der Waals surface area contributed by atoms with E-state index in [9.17, 15) is 9.59 Å². The van der Waals surface area contributed by atoms with Crippen LogP contribution in [0.5, 0.6) is 0 Å². The van der Waals surface area contributed by atoms with Gasteiger partial charge in [-0.2, -0.15) is 0 Å². The smallest absolute Gasteiger partial charge is 0.481 e. The molecule has 0 bridgehead atoms. The van der Waals surface area contributed by atoms with Crippen molar-refractivity contribution in [3.8, 4) is 0 Å². The fourth-order valence-corrected chi connectivity index (χ4v) is 2.42. The molecule has 0 aromatic rings. The van der Waals surface area contributed by atoms with Crippen LogP contribution in [0.4, 0.5) is 0 Å². The molecule has 4 nitrogen and oxygen atoms in total. The average molecular weight is 447 g/mol. The Hall–Kier alpha value is 0.187. The van der Waals surface area contributed by atoms with Crippen LogP contribution in [0, 0.1) is 17.3 Å². The van der Waals surface area contributed by atoms with Crippen molar-refractivity contribution in [3.05, 3.63) is 0 Å². The van der Waals surface area contributed by atoms with Gasteiger partial charge in [-0.1, -0.05) is 60.8 Å². The van der Waals surface area contributed by atoms with Crippen LogP contribution < -0.4 is 0 Å². The second kappa shape index (κ2) is 18.0. The molecule has 1 atom stereocenters. The molecule has 0 aromatic heterocycles. The standard InChI is InChI=1S/2C9H18O2.2Zn/c1-7(5-8(10)11)6-9(2,3)4;1-8(2)6-4-3-5-7-9(10)11;;/h7H,5-6H2,1-4H3,(H,10,11);8H,3-7H2,1-2H3,(H,10,11);;/q;;2*+2. The Morgan fingerprint density at radius 2 is 1.38 bits per heavy atom. The van der Waals surface area contributed by atoms with Crippen molar-refractivity contribution in [2.24, 2.45) is 17.3 Å². The normalized spacial score (nSPS) is 11.5. The summed E-state index contributed by atoms with van der Waals surface area (Å²) in [6.45, 7) is 12.8. The van der Waals surface area contributed by atoms with E-state index in [1.807, 2.05) is 6.92 Å². The number of carboxylic acids is 2. The minimum absolute atomic E-state index is 0. The fraction of sp³-hybridized carbons (Fsp3) is 0.889. The summed E-state index contributed by atoms with van der Waals surface area (Å²) in [4.78, 5) is 20.4.